The van der Waals surface area contributed by atoms with Crippen molar-refractivity contribution in [3.63, 3.8) is 0 Å². The summed E-state index contributed by atoms with van der Waals surface area (Å²) in [5.74, 6) is -0.902. The van der Waals surface area contributed by atoms with Gasteiger partial charge in [-0.05, 0) is 83.5 Å². The molecule has 0 aromatic heterocycles. The number of carbonyl (C=O) groups excluding carboxylic acids is 3. The summed E-state index contributed by atoms with van der Waals surface area (Å²) in [4.78, 5) is 37.9. The van der Waals surface area contributed by atoms with Crippen LogP contribution in [0.3, 0.4) is 0 Å². The van der Waals surface area contributed by atoms with E-state index in [0.717, 1.165) is 96.3 Å². The van der Waals surface area contributed by atoms with Crippen LogP contribution >= 0.6 is 0 Å². The summed E-state index contributed by atoms with van der Waals surface area (Å²) >= 11 is 0. The van der Waals surface area contributed by atoms with Gasteiger partial charge >= 0.3 is 17.9 Å². The molecule has 0 heterocycles. The van der Waals surface area contributed by atoms with Crippen LogP contribution in [-0.2, 0) is 28.6 Å². The summed E-state index contributed by atoms with van der Waals surface area (Å²) in [6.45, 7) is 6.49. The van der Waals surface area contributed by atoms with Crippen LogP contribution in [0.2, 0.25) is 0 Å². The molecule has 0 aliphatic carbocycles. The van der Waals surface area contributed by atoms with E-state index in [4.69, 9.17) is 14.2 Å². The van der Waals surface area contributed by atoms with Crippen molar-refractivity contribution in [2.45, 2.75) is 309 Å². The number of unbranched alkanes of at least 4 members (excludes halogenated alkanes) is 33. The number of allylic oxidation sites excluding steroid dienone is 10. The van der Waals surface area contributed by atoms with Crippen LogP contribution in [0.5, 0.6) is 0 Å². The van der Waals surface area contributed by atoms with Crippen LogP contribution in [0, 0.1) is 0 Å². The van der Waals surface area contributed by atoms with E-state index in [0.29, 0.717) is 19.3 Å². The molecule has 6 nitrogen and oxygen atoms in total. The molecule has 1 unspecified atom stereocenters. The van der Waals surface area contributed by atoms with Crippen molar-refractivity contribution in [2.24, 2.45) is 0 Å². The Bertz CT molecular complexity index is 1250. The van der Waals surface area contributed by atoms with Gasteiger partial charge in [0.2, 0.25) is 0 Å². The first-order valence-electron chi connectivity index (χ1n) is 29.8. The second kappa shape index (κ2) is 57.7. The number of ether oxygens (including phenoxy) is 3. The summed E-state index contributed by atoms with van der Waals surface area (Å²) < 4.78 is 16.8. The largest absolute Gasteiger partial charge is 0.462 e. The van der Waals surface area contributed by atoms with Crippen molar-refractivity contribution in [2.75, 3.05) is 13.2 Å². The molecular formula is C63H112O6. The van der Waals surface area contributed by atoms with Gasteiger partial charge in [0.15, 0.2) is 6.10 Å². The Morgan fingerprint density at radius 2 is 0.565 bits per heavy atom. The van der Waals surface area contributed by atoms with E-state index in [1.807, 2.05) is 0 Å². The number of rotatable bonds is 54. The van der Waals surface area contributed by atoms with E-state index >= 15 is 0 Å². The van der Waals surface area contributed by atoms with Crippen LogP contribution in [-0.4, -0.2) is 37.2 Å². The van der Waals surface area contributed by atoms with Crippen LogP contribution in [0.1, 0.15) is 303 Å². The SMILES string of the molecule is CC/C=C\C/C=C\C/C=C\C/C=C\CCCCCCC(=O)OC(COC(=O)CCCCCCCCC)COC(=O)CCCCCCCCCCCCCCCCC/C=C\CCCCCCCCCC. The van der Waals surface area contributed by atoms with E-state index in [1.165, 1.54) is 167 Å². The maximum atomic E-state index is 12.8. The zero-order valence-electron chi connectivity index (χ0n) is 45.8. The molecule has 0 saturated heterocycles. The van der Waals surface area contributed by atoms with Crippen molar-refractivity contribution in [1.82, 2.24) is 0 Å². The third-order valence-electron chi connectivity index (χ3n) is 13.0. The Morgan fingerprint density at radius 1 is 0.304 bits per heavy atom. The normalized spacial score (nSPS) is 12.4. The van der Waals surface area contributed by atoms with Crippen molar-refractivity contribution < 1.29 is 28.6 Å². The molecule has 0 N–H and O–H groups in total. The average Bonchev–Trinajstić information content (AvgIpc) is 3.35. The zero-order valence-corrected chi connectivity index (χ0v) is 45.8. The fourth-order valence-electron chi connectivity index (χ4n) is 8.55. The number of carbonyl (C=O) groups is 3. The second-order valence-electron chi connectivity index (χ2n) is 19.9. The Morgan fingerprint density at radius 3 is 0.899 bits per heavy atom. The Hall–Kier alpha value is -2.89. The minimum Gasteiger partial charge on any atom is -0.462 e. The van der Waals surface area contributed by atoms with Gasteiger partial charge in [0.25, 0.3) is 0 Å². The standard InChI is InChI=1S/C63H112O6/c1-4-7-10-13-16-18-20-22-24-26-27-28-29-30-31-32-33-34-35-37-38-40-42-44-47-50-53-56-62(65)68-59-60(58-67-61(64)55-52-49-46-15-12-9-6-3)69-63(66)57-54-51-48-45-43-41-39-36-25-23-21-19-17-14-11-8-5-2/h8,11,17,19,23,25-27,39,41,60H,4-7,9-10,12-16,18,20-22,24,28-38,40,42-59H2,1-3H3/b11-8-,19-17-,25-23-,27-26-,41-39-. The topological polar surface area (TPSA) is 78.9 Å². The number of hydrogen-bond donors (Lipinski definition) is 0. The van der Waals surface area contributed by atoms with Gasteiger partial charge in [0, 0.05) is 19.3 Å². The summed E-state index contributed by atoms with van der Waals surface area (Å²) in [6.07, 6.45) is 72.5. The first-order valence-corrected chi connectivity index (χ1v) is 29.8. The molecule has 0 amide bonds. The summed E-state index contributed by atoms with van der Waals surface area (Å²) in [5, 5.41) is 0. The molecule has 6 heteroatoms. The van der Waals surface area contributed by atoms with Crippen molar-refractivity contribution in [1.29, 1.82) is 0 Å². The Balaban J connectivity index is 4.12. The van der Waals surface area contributed by atoms with E-state index < -0.39 is 6.10 Å². The van der Waals surface area contributed by atoms with Crippen LogP contribution in [0.4, 0.5) is 0 Å². The van der Waals surface area contributed by atoms with Gasteiger partial charge in [-0.3, -0.25) is 14.4 Å². The van der Waals surface area contributed by atoms with Crippen molar-refractivity contribution in [3.05, 3.63) is 60.8 Å². The molecule has 0 aliphatic rings. The lowest BCUT2D eigenvalue weighted by atomic mass is 10.0. The van der Waals surface area contributed by atoms with Crippen LogP contribution in [0.25, 0.3) is 0 Å². The summed E-state index contributed by atoms with van der Waals surface area (Å²) in [5.41, 5.74) is 0. The quantitative estimate of drug-likeness (QED) is 0.0262. The number of esters is 3. The first kappa shape index (κ1) is 66.1. The molecule has 1 atom stereocenters. The van der Waals surface area contributed by atoms with Gasteiger partial charge in [-0.15, -0.1) is 0 Å². The molecule has 0 fully saturated rings. The van der Waals surface area contributed by atoms with Crippen molar-refractivity contribution in [3.8, 4) is 0 Å². The zero-order chi connectivity index (χ0) is 50.0. The van der Waals surface area contributed by atoms with E-state index in [-0.39, 0.29) is 31.1 Å². The fraction of sp³-hybridized carbons (Fsp3) is 0.794. The lowest BCUT2D eigenvalue weighted by Crippen LogP contribution is -2.30. The molecular weight excluding hydrogens is 853 g/mol. The minimum absolute atomic E-state index is 0.0819. The lowest BCUT2D eigenvalue weighted by molar-refractivity contribution is -0.167. The van der Waals surface area contributed by atoms with E-state index in [1.54, 1.807) is 0 Å². The minimum atomic E-state index is -0.783. The van der Waals surface area contributed by atoms with E-state index in [2.05, 4.69) is 81.5 Å². The van der Waals surface area contributed by atoms with Gasteiger partial charge in [-0.25, -0.2) is 0 Å². The Kier molecular flexibility index (Phi) is 55.3. The highest BCUT2D eigenvalue weighted by Gasteiger charge is 2.19. The highest BCUT2D eigenvalue weighted by molar-refractivity contribution is 5.71. The molecule has 69 heavy (non-hydrogen) atoms. The third-order valence-corrected chi connectivity index (χ3v) is 13.0. The monoisotopic (exact) mass is 965 g/mol. The van der Waals surface area contributed by atoms with Gasteiger partial charge in [0.1, 0.15) is 13.2 Å². The van der Waals surface area contributed by atoms with Gasteiger partial charge in [-0.2, -0.15) is 0 Å². The molecule has 0 rings (SSSR count). The van der Waals surface area contributed by atoms with Gasteiger partial charge < -0.3 is 14.2 Å². The Labute approximate surface area is 428 Å². The smallest absolute Gasteiger partial charge is 0.306 e. The molecule has 0 aromatic carbocycles. The summed E-state index contributed by atoms with van der Waals surface area (Å²) in [7, 11) is 0. The number of hydrogen-bond acceptors (Lipinski definition) is 6. The highest BCUT2D eigenvalue weighted by atomic mass is 16.6. The summed E-state index contributed by atoms with van der Waals surface area (Å²) in [6, 6.07) is 0. The van der Waals surface area contributed by atoms with E-state index in [9.17, 15) is 14.4 Å². The first-order chi connectivity index (χ1) is 34.0. The predicted octanol–water partition coefficient (Wildman–Crippen LogP) is 20.0. The molecule has 0 aliphatic heterocycles. The lowest BCUT2D eigenvalue weighted by Gasteiger charge is -2.18. The maximum Gasteiger partial charge on any atom is 0.306 e. The van der Waals surface area contributed by atoms with Crippen molar-refractivity contribution >= 4 is 17.9 Å². The fourth-order valence-corrected chi connectivity index (χ4v) is 8.55. The molecule has 0 aromatic rings. The molecule has 400 valence electrons. The molecule has 0 bridgehead atoms. The van der Waals surface area contributed by atoms with Crippen LogP contribution in [0.15, 0.2) is 60.8 Å². The highest BCUT2D eigenvalue weighted by Crippen LogP contribution is 2.16. The van der Waals surface area contributed by atoms with Gasteiger partial charge in [0.05, 0.1) is 0 Å². The molecule has 0 radical (unpaired) electrons. The molecule has 0 spiro atoms. The van der Waals surface area contributed by atoms with Crippen LogP contribution < -0.4 is 0 Å². The third kappa shape index (κ3) is 55.9. The maximum absolute atomic E-state index is 12.8. The predicted molar refractivity (Wildman–Crippen MR) is 298 cm³/mol. The molecule has 0 saturated carbocycles. The second-order valence-corrected chi connectivity index (χ2v) is 19.9. The average molecular weight is 966 g/mol. The van der Waals surface area contributed by atoms with Gasteiger partial charge in [-0.1, -0.05) is 261 Å².